The molecule has 0 radical (unpaired) electrons. The second-order valence-corrected chi connectivity index (χ2v) is 10.2. The number of imidazole rings is 1. The molecule has 0 bridgehead atoms. The van der Waals surface area contributed by atoms with Gasteiger partial charge in [-0.1, -0.05) is 6.07 Å². The number of rotatable bonds is 7. The Bertz CT molecular complexity index is 1220. The predicted octanol–water partition coefficient (Wildman–Crippen LogP) is 2.45. The van der Waals surface area contributed by atoms with E-state index in [0.717, 1.165) is 30.3 Å². The summed E-state index contributed by atoms with van der Waals surface area (Å²) in [5, 5.41) is 0. The second kappa shape index (κ2) is 8.05. The maximum Gasteiger partial charge on any atom is 0.240 e. The molecule has 0 fully saturated rings. The van der Waals surface area contributed by atoms with Crippen molar-refractivity contribution in [1.29, 1.82) is 0 Å². The van der Waals surface area contributed by atoms with Crippen molar-refractivity contribution < 1.29 is 21.2 Å². The summed E-state index contributed by atoms with van der Waals surface area (Å²) in [5.74, 6) is -0.560. The van der Waals surface area contributed by atoms with E-state index in [1.165, 1.54) is 6.07 Å². The normalized spacial score (nSPS) is 12.2. The zero-order valence-electron chi connectivity index (χ0n) is 15.8. The van der Waals surface area contributed by atoms with Crippen LogP contribution in [0.1, 0.15) is 11.1 Å². The minimum absolute atomic E-state index is 0.109. The lowest BCUT2D eigenvalue weighted by molar-refractivity contribution is 0.571. The molecular formula is C19H20FN3O4S2. The van der Waals surface area contributed by atoms with E-state index in [1.807, 2.05) is 0 Å². The Morgan fingerprint density at radius 1 is 1.00 bits per heavy atom. The third-order valence-electron chi connectivity index (χ3n) is 4.40. The van der Waals surface area contributed by atoms with Crippen LogP contribution < -0.4 is 4.72 Å². The van der Waals surface area contributed by atoms with Gasteiger partial charge >= 0.3 is 0 Å². The van der Waals surface area contributed by atoms with E-state index < -0.39 is 25.7 Å². The quantitative estimate of drug-likeness (QED) is 0.573. The van der Waals surface area contributed by atoms with E-state index in [4.69, 9.17) is 0 Å². The lowest BCUT2D eigenvalue weighted by Gasteiger charge is -2.14. The number of nitrogens with one attached hydrogen (secondary N) is 1. The molecule has 2 aromatic carbocycles. The number of aromatic nitrogens is 2. The summed E-state index contributed by atoms with van der Waals surface area (Å²) in [4.78, 5) is 3.53. The zero-order valence-corrected chi connectivity index (χ0v) is 17.5. The van der Waals surface area contributed by atoms with Gasteiger partial charge in [0.1, 0.15) is 5.82 Å². The fourth-order valence-electron chi connectivity index (χ4n) is 2.94. The highest BCUT2D eigenvalue weighted by molar-refractivity contribution is 7.91. The summed E-state index contributed by atoms with van der Waals surface area (Å²) in [6.07, 6.45) is 4.86. The van der Waals surface area contributed by atoms with Gasteiger partial charge in [0.2, 0.25) is 19.9 Å². The van der Waals surface area contributed by atoms with Crippen LogP contribution in [0.4, 0.5) is 4.39 Å². The van der Waals surface area contributed by atoms with Crippen molar-refractivity contribution >= 4 is 19.9 Å². The summed E-state index contributed by atoms with van der Waals surface area (Å²) in [7, 11) is -7.95. The summed E-state index contributed by atoms with van der Waals surface area (Å²) in [6.45, 7) is 3.69. The highest BCUT2D eigenvalue weighted by Gasteiger charge is 2.25. The standard InChI is InChI=1S/C19H20FN3O4S2/c1-14-11-15(2)19(29(26,27)22-8-10-23-9-7-21-13-23)12-18(14)28(24,25)17-5-3-16(20)4-6-17/h3-7,9,11-13,22H,8,10H2,1-2H3. The van der Waals surface area contributed by atoms with Crippen LogP contribution in [0.25, 0.3) is 0 Å². The first-order chi connectivity index (χ1) is 13.6. The first-order valence-corrected chi connectivity index (χ1v) is 11.7. The molecule has 3 aromatic rings. The SMILES string of the molecule is Cc1cc(C)c(S(=O)(=O)c2ccc(F)cc2)cc1S(=O)(=O)NCCn1ccnc1. The fourth-order valence-corrected chi connectivity index (χ4v) is 5.79. The van der Waals surface area contributed by atoms with Gasteiger partial charge in [-0.25, -0.2) is 30.9 Å². The third kappa shape index (κ3) is 4.55. The third-order valence-corrected chi connectivity index (χ3v) is 7.91. The van der Waals surface area contributed by atoms with Crippen molar-refractivity contribution in [2.24, 2.45) is 0 Å². The molecule has 0 atom stereocenters. The molecule has 1 N–H and O–H groups in total. The predicted molar refractivity (Wildman–Crippen MR) is 105 cm³/mol. The molecule has 0 saturated carbocycles. The number of aryl methyl sites for hydroxylation is 2. The minimum atomic E-state index is -4.01. The van der Waals surface area contributed by atoms with E-state index in [9.17, 15) is 21.2 Å². The van der Waals surface area contributed by atoms with Gasteiger partial charge in [-0.2, -0.15) is 0 Å². The van der Waals surface area contributed by atoms with Crippen LogP contribution in [-0.2, 0) is 26.4 Å². The molecule has 0 unspecified atom stereocenters. The number of hydrogen-bond acceptors (Lipinski definition) is 5. The van der Waals surface area contributed by atoms with Gasteiger partial charge in [-0.3, -0.25) is 0 Å². The molecule has 3 rings (SSSR count). The molecule has 0 amide bonds. The molecule has 0 saturated heterocycles. The smallest absolute Gasteiger partial charge is 0.240 e. The number of sulfonamides is 1. The van der Waals surface area contributed by atoms with Crippen LogP contribution in [0.2, 0.25) is 0 Å². The molecule has 0 aliphatic carbocycles. The first kappa shape index (κ1) is 21.2. The molecular weight excluding hydrogens is 417 g/mol. The monoisotopic (exact) mass is 437 g/mol. The van der Waals surface area contributed by atoms with Crippen LogP contribution in [0.15, 0.2) is 69.8 Å². The highest BCUT2D eigenvalue weighted by Crippen LogP contribution is 2.28. The number of hydrogen-bond donors (Lipinski definition) is 1. The molecule has 1 heterocycles. The summed E-state index contributed by atoms with van der Waals surface area (Å²) < 4.78 is 68.9. The Kier molecular flexibility index (Phi) is 5.87. The average Bonchev–Trinajstić information content (AvgIpc) is 3.15. The van der Waals surface area contributed by atoms with E-state index in [-0.39, 0.29) is 21.2 Å². The zero-order chi connectivity index (χ0) is 21.2. The van der Waals surface area contributed by atoms with Crippen molar-refractivity contribution in [3.63, 3.8) is 0 Å². The Hall–Kier alpha value is -2.56. The van der Waals surface area contributed by atoms with Gasteiger partial charge in [0, 0.05) is 25.5 Å². The van der Waals surface area contributed by atoms with Crippen LogP contribution in [-0.4, -0.2) is 32.9 Å². The summed E-state index contributed by atoms with van der Waals surface area (Å²) in [6, 6.07) is 7.07. The van der Waals surface area contributed by atoms with E-state index in [2.05, 4.69) is 9.71 Å². The van der Waals surface area contributed by atoms with Crippen molar-refractivity contribution in [2.75, 3.05) is 6.54 Å². The topological polar surface area (TPSA) is 98.1 Å². The Morgan fingerprint density at radius 3 is 2.28 bits per heavy atom. The number of sulfone groups is 1. The molecule has 154 valence electrons. The van der Waals surface area contributed by atoms with Crippen molar-refractivity contribution in [1.82, 2.24) is 14.3 Å². The van der Waals surface area contributed by atoms with Crippen LogP contribution in [0, 0.1) is 19.7 Å². The molecule has 0 aliphatic heterocycles. The number of halogens is 1. The largest absolute Gasteiger partial charge is 0.336 e. The van der Waals surface area contributed by atoms with E-state index >= 15 is 0 Å². The fraction of sp³-hybridized carbons (Fsp3) is 0.211. The molecule has 0 spiro atoms. The maximum atomic E-state index is 13.2. The highest BCUT2D eigenvalue weighted by atomic mass is 32.2. The molecule has 7 nitrogen and oxygen atoms in total. The Balaban J connectivity index is 1.95. The van der Waals surface area contributed by atoms with Gasteiger partial charge < -0.3 is 4.57 Å². The van der Waals surface area contributed by atoms with Gasteiger partial charge in [-0.15, -0.1) is 0 Å². The summed E-state index contributed by atoms with van der Waals surface area (Å²) in [5.41, 5.74) is 0.833. The van der Waals surface area contributed by atoms with E-state index in [1.54, 1.807) is 37.1 Å². The van der Waals surface area contributed by atoms with Gasteiger partial charge in [0.05, 0.1) is 21.0 Å². The van der Waals surface area contributed by atoms with Crippen LogP contribution >= 0.6 is 0 Å². The second-order valence-electron chi connectivity index (χ2n) is 6.54. The summed E-state index contributed by atoms with van der Waals surface area (Å²) >= 11 is 0. The van der Waals surface area contributed by atoms with Crippen LogP contribution in [0.3, 0.4) is 0 Å². The maximum absolute atomic E-state index is 13.2. The Morgan fingerprint density at radius 2 is 1.66 bits per heavy atom. The first-order valence-electron chi connectivity index (χ1n) is 8.68. The number of nitrogens with zero attached hydrogens (tertiary/aromatic N) is 2. The van der Waals surface area contributed by atoms with Crippen molar-refractivity contribution in [2.45, 2.75) is 35.1 Å². The van der Waals surface area contributed by atoms with Crippen molar-refractivity contribution in [3.05, 3.63) is 72.1 Å². The lowest BCUT2D eigenvalue weighted by atomic mass is 10.2. The molecule has 29 heavy (non-hydrogen) atoms. The average molecular weight is 438 g/mol. The minimum Gasteiger partial charge on any atom is -0.336 e. The van der Waals surface area contributed by atoms with E-state index in [0.29, 0.717) is 17.7 Å². The van der Waals surface area contributed by atoms with Gasteiger partial charge in [0.25, 0.3) is 0 Å². The van der Waals surface area contributed by atoms with Gasteiger partial charge in [0.15, 0.2) is 0 Å². The molecule has 0 aliphatic rings. The lowest BCUT2D eigenvalue weighted by Crippen LogP contribution is -2.28. The Labute approximate surface area is 169 Å². The molecule has 10 heteroatoms. The van der Waals surface area contributed by atoms with Gasteiger partial charge in [-0.05, 0) is 55.3 Å². The molecule has 1 aromatic heterocycles. The van der Waals surface area contributed by atoms with Crippen LogP contribution in [0.5, 0.6) is 0 Å². The van der Waals surface area contributed by atoms with Crippen molar-refractivity contribution in [3.8, 4) is 0 Å². The number of benzene rings is 2.